The van der Waals surface area contributed by atoms with Crippen molar-refractivity contribution in [1.29, 1.82) is 0 Å². The fraction of sp³-hybridized carbons (Fsp3) is 1.00. The lowest BCUT2D eigenvalue weighted by Crippen LogP contribution is -2.58. The molecule has 0 aromatic heterocycles. The summed E-state index contributed by atoms with van der Waals surface area (Å²) in [5.74, 6) is 5.56. The smallest absolute Gasteiger partial charge is 0.0844 e. The zero-order valence-corrected chi connectivity index (χ0v) is 9.21. The molecule has 1 aliphatic carbocycles. The van der Waals surface area contributed by atoms with Gasteiger partial charge in [0.25, 0.3) is 0 Å². The summed E-state index contributed by atoms with van der Waals surface area (Å²) in [5.41, 5.74) is 2.86. The molecule has 0 heterocycles. The Bertz CT molecular complexity index is 155. The van der Waals surface area contributed by atoms with Crippen LogP contribution < -0.4 is 11.3 Å². The maximum Gasteiger partial charge on any atom is 0.0844 e. The molecule has 0 spiro atoms. The molecule has 0 bridgehead atoms. The Morgan fingerprint density at radius 2 is 2.14 bits per heavy atom. The van der Waals surface area contributed by atoms with Gasteiger partial charge in [-0.3, -0.25) is 11.3 Å². The molecule has 14 heavy (non-hydrogen) atoms. The molecule has 1 unspecified atom stereocenters. The average molecular weight is 202 g/mol. The summed E-state index contributed by atoms with van der Waals surface area (Å²) >= 11 is 0. The molecule has 3 N–H and O–H groups in total. The van der Waals surface area contributed by atoms with E-state index in [-0.39, 0.29) is 11.6 Å². The lowest BCUT2D eigenvalue weighted by molar-refractivity contribution is -0.101. The molecule has 0 saturated heterocycles. The topological polar surface area (TPSA) is 56.5 Å². The van der Waals surface area contributed by atoms with Crippen LogP contribution in [0.3, 0.4) is 0 Å². The molecule has 1 rings (SSSR count). The molecule has 0 aromatic rings. The lowest BCUT2D eigenvalue weighted by atomic mass is 9.73. The van der Waals surface area contributed by atoms with Crippen molar-refractivity contribution in [3.8, 4) is 0 Å². The molecule has 0 radical (unpaired) electrons. The number of methoxy groups -OCH3 is 2. The largest absolute Gasteiger partial charge is 0.385 e. The van der Waals surface area contributed by atoms with Crippen LogP contribution in [0.5, 0.6) is 0 Å². The predicted molar refractivity (Wildman–Crippen MR) is 55.8 cm³/mol. The molecule has 84 valence electrons. The summed E-state index contributed by atoms with van der Waals surface area (Å²) in [6.45, 7) is 0.790. The van der Waals surface area contributed by atoms with Gasteiger partial charge in [-0.25, -0.2) is 0 Å². The van der Waals surface area contributed by atoms with E-state index < -0.39 is 0 Å². The predicted octanol–water partition coefficient (Wildman–Crippen LogP) is 0.814. The van der Waals surface area contributed by atoms with Crippen LogP contribution >= 0.6 is 0 Å². The average Bonchev–Trinajstić information content (AvgIpc) is 2.14. The third kappa shape index (κ3) is 2.45. The fourth-order valence-electron chi connectivity index (χ4n) is 2.15. The van der Waals surface area contributed by atoms with Gasteiger partial charge in [0.05, 0.1) is 11.6 Å². The number of ether oxygens (including phenoxy) is 2. The van der Waals surface area contributed by atoms with Crippen molar-refractivity contribution in [3.05, 3.63) is 0 Å². The van der Waals surface area contributed by atoms with Gasteiger partial charge in [-0.2, -0.15) is 0 Å². The molecule has 1 saturated carbocycles. The standard InChI is InChI=1S/C10H22N2O2/c1-13-8-3-5-9(12-11)10(14-2)6-4-7-10/h9,12H,3-8,11H2,1-2H3. The summed E-state index contributed by atoms with van der Waals surface area (Å²) < 4.78 is 10.6. The Morgan fingerprint density at radius 3 is 2.50 bits per heavy atom. The summed E-state index contributed by atoms with van der Waals surface area (Å²) in [6, 6.07) is 0.261. The second-order valence-electron chi connectivity index (χ2n) is 3.98. The van der Waals surface area contributed by atoms with E-state index in [0.717, 1.165) is 32.3 Å². The highest BCUT2D eigenvalue weighted by Crippen LogP contribution is 2.39. The van der Waals surface area contributed by atoms with Crippen molar-refractivity contribution in [2.45, 2.75) is 43.7 Å². The highest BCUT2D eigenvalue weighted by molar-refractivity contribution is 4.98. The Kier molecular flexibility index (Phi) is 4.81. The van der Waals surface area contributed by atoms with Crippen molar-refractivity contribution in [2.24, 2.45) is 5.84 Å². The van der Waals surface area contributed by atoms with Gasteiger partial charge in [-0.05, 0) is 32.1 Å². The van der Waals surface area contributed by atoms with Crippen LogP contribution in [0.25, 0.3) is 0 Å². The van der Waals surface area contributed by atoms with Crippen LogP contribution in [0.2, 0.25) is 0 Å². The molecule has 4 heteroatoms. The van der Waals surface area contributed by atoms with E-state index in [1.54, 1.807) is 14.2 Å². The van der Waals surface area contributed by atoms with Crippen molar-refractivity contribution in [2.75, 3.05) is 20.8 Å². The summed E-state index contributed by atoms with van der Waals surface area (Å²) in [6.07, 6.45) is 5.52. The molecule has 1 fully saturated rings. The van der Waals surface area contributed by atoms with E-state index in [0.29, 0.717) is 0 Å². The van der Waals surface area contributed by atoms with Crippen LogP contribution in [-0.2, 0) is 9.47 Å². The number of nitrogens with one attached hydrogen (secondary N) is 1. The lowest BCUT2D eigenvalue weighted by Gasteiger charge is -2.46. The van der Waals surface area contributed by atoms with Crippen LogP contribution in [-0.4, -0.2) is 32.5 Å². The fourth-order valence-corrected chi connectivity index (χ4v) is 2.15. The maximum absolute atomic E-state index is 5.57. The van der Waals surface area contributed by atoms with Crippen LogP contribution in [0.4, 0.5) is 0 Å². The Hall–Kier alpha value is -0.160. The second kappa shape index (κ2) is 5.66. The SMILES string of the molecule is COCCCC(NN)C1(OC)CCC1. The van der Waals surface area contributed by atoms with E-state index in [1.807, 2.05) is 0 Å². The number of hydrazine groups is 1. The molecular formula is C10H22N2O2. The zero-order chi connectivity index (χ0) is 10.4. The summed E-state index contributed by atoms with van der Waals surface area (Å²) in [4.78, 5) is 0. The van der Waals surface area contributed by atoms with E-state index >= 15 is 0 Å². The summed E-state index contributed by atoms with van der Waals surface area (Å²) in [7, 11) is 3.50. The molecule has 1 aliphatic rings. The minimum Gasteiger partial charge on any atom is -0.385 e. The number of rotatable bonds is 7. The number of hydrogen-bond acceptors (Lipinski definition) is 4. The first-order valence-corrected chi connectivity index (χ1v) is 5.29. The Labute approximate surface area is 86.1 Å². The third-order valence-electron chi connectivity index (χ3n) is 3.28. The maximum atomic E-state index is 5.57. The first-order valence-electron chi connectivity index (χ1n) is 5.29. The highest BCUT2D eigenvalue weighted by atomic mass is 16.5. The van der Waals surface area contributed by atoms with Gasteiger partial charge in [0.2, 0.25) is 0 Å². The van der Waals surface area contributed by atoms with E-state index in [1.165, 1.54) is 6.42 Å². The van der Waals surface area contributed by atoms with E-state index in [4.69, 9.17) is 15.3 Å². The summed E-state index contributed by atoms with van der Waals surface area (Å²) in [5, 5.41) is 0. The molecule has 0 amide bonds. The molecule has 4 nitrogen and oxygen atoms in total. The van der Waals surface area contributed by atoms with Gasteiger partial charge in [-0.1, -0.05) is 0 Å². The van der Waals surface area contributed by atoms with Crippen molar-refractivity contribution in [3.63, 3.8) is 0 Å². The Morgan fingerprint density at radius 1 is 1.43 bits per heavy atom. The van der Waals surface area contributed by atoms with Crippen LogP contribution in [0.15, 0.2) is 0 Å². The monoisotopic (exact) mass is 202 g/mol. The Balaban J connectivity index is 2.35. The van der Waals surface area contributed by atoms with Crippen molar-refractivity contribution in [1.82, 2.24) is 5.43 Å². The number of nitrogens with two attached hydrogens (primary N) is 1. The van der Waals surface area contributed by atoms with Gasteiger partial charge >= 0.3 is 0 Å². The van der Waals surface area contributed by atoms with Gasteiger partial charge in [0.15, 0.2) is 0 Å². The van der Waals surface area contributed by atoms with E-state index in [9.17, 15) is 0 Å². The zero-order valence-electron chi connectivity index (χ0n) is 9.21. The van der Waals surface area contributed by atoms with Crippen molar-refractivity contribution >= 4 is 0 Å². The first-order chi connectivity index (χ1) is 6.79. The van der Waals surface area contributed by atoms with Crippen molar-refractivity contribution < 1.29 is 9.47 Å². The number of hydrogen-bond donors (Lipinski definition) is 2. The molecule has 0 aliphatic heterocycles. The molecule has 1 atom stereocenters. The van der Waals surface area contributed by atoms with Gasteiger partial charge in [0, 0.05) is 20.8 Å². The normalized spacial score (nSPS) is 21.6. The quantitative estimate of drug-likeness (QED) is 0.364. The molecular weight excluding hydrogens is 180 g/mol. The first kappa shape index (κ1) is 11.9. The van der Waals surface area contributed by atoms with Crippen LogP contribution in [0.1, 0.15) is 32.1 Å². The minimum atomic E-state index is -0.0114. The van der Waals surface area contributed by atoms with Gasteiger partial charge < -0.3 is 9.47 Å². The van der Waals surface area contributed by atoms with Crippen LogP contribution in [0, 0.1) is 0 Å². The third-order valence-corrected chi connectivity index (χ3v) is 3.28. The second-order valence-corrected chi connectivity index (χ2v) is 3.98. The van der Waals surface area contributed by atoms with E-state index in [2.05, 4.69) is 5.43 Å². The minimum absolute atomic E-state index is 0.0114. The van der Waals surface area contributed by atoms with Gasteiger partial charge in [0.1, 0.15) is 0 Å². The highest BCUT2D eigenvalue weighted by Gasteiger charge is 2.43. The van der Waals surface area contributed by atoms with Gasteiger partial charge in [-0.15, -0.1) is 0 Å². The molecule has 0 aromatic carbocycles.